The van der Waals surface area contributed by atoms with Crippen LogP contribution in [-0.2, 0) is 19.1 Å². The smallest absolute Gasteiger partial charge is 0.297 e. The Labute approximate surface area is 118 Å². The van der Waals surface area contributed by atoms with Crippen molar-refractivity contribution in [1.29, 1.82) is 0 Å². The van der Waals surface area contributed by atoms with Gasteiger partial charge in [-0.3, -0.25) is 8.98 Å². The Bertz CT molecular complexity index is 577. The lowest BCUT2D eigenvalue weighted by Crippen LogP contribution is -2.46. The molecular formula is C13H19NO5S. The van der Waals surface area contributed by atoms with E-state index in [1.54, 1.807) is 12.1 Å². The minimum absolute atomic E-state index is 0.0666. The van der Waals surface area contributed by atoms with E-state index in [4.69, 9.17) is 9.92 Å². The fraction of sp³-hybridized carbons (Fsp3) is 0.462. The van der Waals surface area contributed by atoms with Gasteiger partial charge in [0.2, 0.25) is 5.91 Å². The lowest BCUT2D eigenvalue weighted by Gasteiger charge is -2.29. The largest absolute Gasteiger partial charge is 0.396 e. The van der Waals surface area contributed by atoms with Crippen LogP contribution in [-0.4, -0.2) is 32.1 Å². The molecule has 1 aromatic carbocycles. The van der Waals surface area contributed by atoms with Gasteiger partial charge in [0.05, 0.1) is 11.5 Å². The monoisotopic (exact) mass is 301 g/mol. The lowest BCUT2D eigenvalue weighted by molar-refractivity contribution is -0.131. The first kappa shape index (κ1) is 16.6. The second kappa shape index (κ2) is 5.90. The van der Waals surface area contributed by atoms with Crippen LogP contribution < -0.4 is 5.73 Å². The van der Waals surface area contributed by atoms with Crippen molar-refractivity contribution in [2.45, 2.75) is 31.8 Å². The topological polar surface area (TPSA) is 107 Å². The second-order valence-corrected chi connectivity index (χ2v) is 6.86. The summed E-state index contributed by atoms with van der Waals surface area (Å²) in [7, 11) is -4.13. The molecular weight excluding hydrogens is 282 g/mol. The summed E-state index contributed by atoms with van der Waals surface area (Å²) >= 11 is 0. The summed E-state index contributed by atoms with van der Waals surface area (Å²) in [4.78, 5) is 11.3. The fourth-order valence-electron chi connectivity index (χ4n) is 1.53. The molecule has 0 bridgehead atoms. The lowest BCUT2D eigenvalue weighted by atomic mass is 9.87. The number of amides is 1. The van der Waals surface area contributed by atoms with Crippen molar-refractivity contribution in [3.8, 4) is 0 Å². The first-order valence-corrected chi connectivity index (χ1v) is 7.41. The molecule has 0 fully saturated rings. The Morgan fingerprint density at radius 1 is 1.35 bits per heavy atom. The zero-order valence-electron chi connectivity index (χ0n) is 11.7. The van der Waals surface area contributed by atoms with E-state index in [0.29, 0.717) is 0 Å². The van der Waals surface area contributed by atoms with E-state index in [-0.39, 0.29) is 4.90 Å². The summed E-state index contributed by atoms with van der Waals surface area (Å²) in [5.41, 5.74) is 4.96. The molecule has 3 N–H and O–H groups in total. The highest BCUT2D eigenvalue weighted by atomic mass is 32.2. The summed E-state index contributed by atoms with van der Waals surface area (Å²) in [6.45, 7) is 4.36. The Balaban J connectivity index is 3.10. The van der Waals surface area contributed by atoms with Crippen LogP contribution in [0.1, 0.15) is 19.4 Å². The van der Waals surface area contributed by atoms with Crippen LogP contribution in [0.5, 0.6) is 0 Å². The number of aryl methyl sites for hydroxylation is 1. The Hall–Kier alpha value is -1.44. The molecule has 1 unspecified atom stereocenters. The third-order valence-corrected chi connectivity index (χ3v) is 4.20. The van der Waals surface area contributed by atoms with Crippen molar-refractivity contribution in [2.75, 3.05) is 6.61 Å². The van der Waals surface area contributed by atoms with Gasteiger partial charge in [0, 0.05) is 5.41 Å². The van der Waals surface area contributed by atoms with Gasteiger partial charge < -0.3 is 10.8 Å². The molecule has 0 aliphatic heterocycles. The molecule has 0 aromatic heterocycles. The van der Waals surface area contributed by atoms with Crippen LogP contribution in [0, 0.1) is 12.3 Å². The Morgan fingerprint density at radius 3 is 2.25 bits per heavy atom. The number of aliphatic hydroxyl groups is 1. The average molecular weight is 301 g/mol. The normalized spacial score (nSPS) is 14.0. The predicted molar refractivity (Wildman–Crippen MR) is 73.3 cm³/mol. The van der Waals surface area contributed by atoms with E-state index in [2.05, 4.69) is 0 Å². The van der Waals surface area contributed by atoms with Crippen LogP contribution >= 0.6 is 0 Å². The van der Waals surface area contributed by atoms with Crippen molar-refractivity contribution in [3.63, 3.8) is 0 Å². The molecule has 7 heteroatoms. The van der Waals surface area contributed by atoms with Crippen molar-refractivity contribution >= 4 is 16.0 Å². The zero-order valence-corrected chi connectivity index (χ0v) is 12.5. The van der Waals surface area contributed by atoms with E-state index in [1.807, 2.05) is 6.92 Å². The highest BCUT2D eigenvalue weighted by molar-refractivity contribution is 7.86. The first-order chi connectivity index (χ1) is 9.10. The van der Waals surface area contributed by atoms with E-state index in [0.717, 1.165) is 5.56 Å². The maximum Gasteiger partial charge on any atom is 0.297 e. The van der Waals surface area contributed by atoms with Crippen molar-refractivity contribution < 1.29 is 22.5 Å². The standard InChI is InChI=1S/C13H19NO5S/c1-9-4-6-10(7-5-9)20(17,18)19-11(12(14)16)13(2,3)8-15/h4-7,11,15H,8H2,1-3H3,(H2,14,16). The van der Waals surface area contributed by atoms with Gasteiger partial charge in [-0.2, -0.15) is 8.42 Å². The van der Waals surface area contributed by atoms with Gasteiger partial charge in [-0.1, -0.05) is 31.5 Å². The van der Waals surface area contributed by atoms with Gasteiger partial charge in [0.1, 0.15) is 0 Å². The van der Waals surface area contributed by atoms with E-state index in [9.17, 15) is 18.3 Å². The average Bonchev–Trinajstić information content (AvgIpc) is 2.36. The van der Waals surface area contributed by atoms with Gasteiger partial charge in [0.15, 0.2) is 6.10 Å². The molecule has 1 amide bonds. The van der Waals surface area contributed by atoms with Crippen LogP contribution in [0.3, 0.4) is 0 Å². The summed E-state index contributed by atoms with van der Waals surface area (Å²) in [6, 6.07) is 6.00. The molecule has 0 saturated heterocycles. The van der Waals surface area contributed by atoms with Gasteiger partial charge in [0.25, 0.3) is 10.1 Å². The number of nitrogens with two attached hydrogens (primary N) is 1. The van der Waals surface area contributed by atoms with Crippen molar-refractivity contribution in [3.05, 3.63) is 29.8 Å². The summed E-state index contributed by atoms with van der Waals surface area (Å²) in [5, 5.41) is 9.23. The molecule has 0 aliphatic carbocycles. The van der Waals surface area contributed by atoms with Crippen molar-refractivity contribution in [2.24, 2.45) is 11.1 Å². The summed E-state index contributed by atoms with van der Waals surface area (Å²) in [5.74, 6) is -0.945. The predicted octanol–water partition coefficient (Wildman–Crippen LogP) is 0.573. The van der Waals surface area contributed by atoms with E-state index < -0.39 is 34.2 Å². The first-order valence-electron chi connectivity index (χ1n) is 6.00. The SMILES string of the molecule is Cc1ccc(S(=O)(=O)OC(C(N)=O)C(C)(C)CO)cc1. The molecule has 0 radical (unpaired) electrons. The summed E-state index contributed by atoms with van der Waals surface area (Å²) in [6.07, 6.45) is -1.45. The number of hydrogen-bond acceptors (Lipinski definition) is 5. The number of hydrogen-bond donors (Lipinski definition) is 2. The molecule has 0 spiro atoms. The van der Waals surface area contributed by atoms with E-state index >= 15 is 0 Å². The number of carbonyl (C=O) groups is 1. The molecule has 0 saturated carbocycles. The number of aliphatic hydroxyl groups excluding tert-OH is 1. The minimum Gasteiger partial charge on any atom is -0.396 e. The molecule has 0 heterocycles. The van der Waals surface area contributed by atoms with Crippen molar-refractivity contribution in [1.82, 2.24) is 0 Å². The molecule has 1 atom stereocenters. The number of primary amides is 1. The van der Waals surface area contributed by atoms with E-state index in [1.165, 1.54) is 26.0 Å². The Morgan fingerprint density at radius 2 is 1.85 bits per heavy atom. The molecule has 6 nitrogen and oxygen atoms in total. The summed E-state index contributed by atoms with van der Waals surface area (Å²) < 4.78 is 29.1. The van der Waals surface area contributed by atoms with Gasteiger partial charge in [-0.25, -0.2) is 0 Å². The molecule has 20 heavy (non-hydrogen) atoms. The fourth-order valence-corrected chi connectivity index (χ4v) is 2.72. The quantitative estimate of drug-likeness (QED) is 0.747. The maximum atomic E-state index is 12.1. The maximum absolute atomic E-state index is 12.1. The third kappa shape index (κ3) is 3.78. The minimum atomic E-state index is -4.13. The highest BCUT2D eigenvalue weighted by Gasteiger charge is 2.38. The molecule has 0 aliphatic rings. The third-order valence-electron chi connectivity index (χ3n) is 2.91. The van der Waals surface area contributed by atoms with Gasteiger partial charge >= 0.3 is 0 Å². The zero-order chi connectivity index (χ0) is 15.6. The van der Waals surface area contributed by atoms with Gasteiger partial charge in [-0.15, -0.1) is 0 Å². The number of carbonyl (C=O) groups excluding carboxylic acids is 1. The highest BCUT2D eigenvalue weighted by Crippen LogP contribution is 2.26. The second-order valence-electron chi connectivity index (χ2n) is 5.29. The van der Waals surface area contributed by atoms with Crippen LogP contribution in [0.2, 0.25) is 0 Å². The molecule has 112 valence electrons. The van der Waals surface area contributed by atoms with Crippen LogP contribution in [0.15, 0.2) is 29.2 Å². The Kier molecular flexibility index (Phi) is 4.90. The molecule has 1 rings (SSSR count). The number of rotatable bonds is 6. The van der Waals surface area contributed by atoms with Crippen LogP contribution in [0.4, 0.5) is 0 Å². The van der Waals surface area contributed by atoms with Gasteiger partial charge in [-0.05, 0) is 19.1 Å². The molecule has 1 aromatic rings. The number of benzene rings is 1. The van der Waals surface area contributed by atoms with Crippen LogP contribution in [0.25, 0.3) is 0 Å².